The molecule has 0 spiro atoms. The van der Waals surface area contributed by atoms with Crippen molar-refractivity contribution in [3.05, 3.63) is 23.8 Å². The van der Waals surface area contributed by atoms with Crippen LogP contribution >= 0.6 is 0 Å². The van der Waals surface area contributed by atoms with Crippen LogP contribution in [0.4, 0.5) is 0 Å². The van der Waals surface area contributed by atoms with Gasteiger partial charge in [0.15, 0.2) is 0 Å². The molecule has 0 amide bonds. The Morgan fingerprint density at radius 1 is 1.50 bits per heavy atom. The monoisotopic (exact) mass is 213 g/mol. The van der Waals surface area contributed by atoms with Crippen molar-refractivity contribution in [3.8, 4) is 0 Å². The van der Waals surface area contributed by atoms with Crippen LogP contribution in [-0.2, 0) is 24.1 Å². The molecular formula is C6H7Cl2OTi. The average molecular weight is 214 g/mol. The molecule has 0 radical (unpaired) electrons. The van der Waals surface area contributed by atoms with E-state index >= 15 is 0 Å². The molecule has 4 heteroatoms. The fourth-order valence-electron chi connectivity index (χ4n) is 0.691. The predicted molar refractivity (Wildman–Crippen MR) is 27.8 cm³/mol. The summed E-state index contributed by atoms with van der Waals surface area (Å²) in [5.41, 5.74) is 1.37. The first-order valence-electron chi connectivity index (χ1n) is 2.56. The van der Waals surface area contributed by atoms with Gasteiger partial charge in [-0.3, -0.25) is 0 Å². The molecule has 1 nitrogen and oxygen atoms in total. The Labute approximate surface area is 85.6 Å². The van der Waals surface area contributed by atoms with Crippen molar-refractivity contribution in [2.24, 2.45) is 0 Å². The second-order valence-electron chi connectivity index (χ2n) is 1.75. The summed E-state index contributed by atoms with van der Waals surface area (Å²) < 4.78 is 4.92. The summed E-state index contributed by atoms with van der Waals surface area (Å²) in [4.78, 5) is 0. The molecule has 0 N–H and O–H groups in total. The van der Waals surface area contributed by atoms with Gasteiger partial charge < -0.3 is 24.8 Å². The Morgan fingerprint density at radius 2 is 2.20 bits per heavy atom. The van der Waals surface area contributed by atoms with E-state index in [2.05, 4.69) is 18.2 Å². The van der Waals surface area contributed by atoms with Crippen molar-refractivity contribution in [2.75, 3.05) is 6.61 Å². The van der Waals surface area contributed by atoms with Gasteiger partial charge in [-0.05, 0) is 0 Å². The van der Waals surface area contributed by atoms with Gasteiger partial charge in [-0.1, -0.05) is 0 Å². The quantitative estimate of drug-likeness (QED) is 0.420. The van der Waals surface area contributed by atoms with Crippen molar-refractivity contribution >= 4 is 0 Å². The molecule has 0 aliphatic heterocycles. The van der Waals surface area contributed by atoms with Crippen molar-refractivity contribution in [1.82, 2.24) is 0 Å². The van der Waals surface area contributed by atoms with E-state index in [1.54, 1.807) is 20.8 Å². The Kier molecular flexibility index (Phi) is 10.4. The third-order valence-corrected chi connectivity index (χ3v) is 1.33. The van der Waals surface area contributed by atoms with E-state index in [-0.39, 0.29) is 24.8 Å². The molecule has 0 fully saturated rings. The molecule has 0 bridgehead atoms. The van der Waals surface area contributed by atoms with Crippen LogP contribution in [-0.4, -0.2) is 6.61 Å². The Morgan fingerprint density at radius 3 is 2.60 bits per heavy atom. The SMILES string of the molecule is [Cl-].[Cl-].[Ti+2][O]CC1=CC=CC1. The van der Waals surface area contributed by atoms with E-state index in [1.807, 2.05) is 0 Å². The molecule has 0 unspecified atom stereocenters. The summed E-state index contributed by atoms with van der Waals surface area (Å²) in [6, 6.07) is 0. The average Bonchev–Trinajstić information content (AvgIpc) is 2.19. The summed E-state index contributed by atoms with van der Waals surface area (Å²) in [6.45, 7) is 0.785. The molecule has 1 aliphatic carbocycles. The summed E-state index contributed by atoms with van der Waals surface area (Å²) in [5.74, 6) is 0. The topological polar surface area (TPSA) is 9.23 Å². The van der Waals surface area contributed by atoms with Gasteiger partial charge in [0, 0.05) is 0 Å². The first kappa shape index (κ1) is 13.3. The molecule has 55 valence electrons. The second-order valence-corrected chi connectivity index (χ2v) is 2.20. The first-order chi connectivity index (χ1) is 3.93. The number of hydrogen-bond donors (Lipinski definition) is 0. The van der Waals surface area contributed by atoms with Gasteiger partial charge in [-0.2, -0.15) is 0 Å². The summed E-state index contributed by atoms with van der Waals surface area (Å²) in [7, 11) is 0. The second kappa shape index (κ2) is 7.84. The van der Waals surface area contributed by atoms with E-state index < -0.39 is 0 Å². The van der Waals surface area contributed by atoms with Crippen molar-refractivity contribution < 1.29 is 49.0 Å². The molecule has 0 aromatic rings. The summed E-state index contributed by atoms with van der Waals surface area (Å²) >= 11 is 1.72. The number of rotatable bonds is 2. The fraction of sp³-hybridized carbons (Fsp3) is 0.333. The van der Waals surface area contributed by atoms with Crippen LogP contribution in [0.1, 0.15) is 6.42 Å². The van der Waals surface area contributed by atoms with Gasteiger partial charge >= 0.3 is 61.0 Å². The van der Waals surface area contributed by atoms with Crippen LogP contribution < -0.4 is 24.8 Å². The van der Waals surface area contributed by atoms with Gasteiger partial charge in [0.1, 0.15) is 0 Å². The minimum atomic E-state index is 0. The Balaban J connectivity index is 0. The zero-order valence-electron chi connectivity index (χ0n) is 5.31. The van der Waals surface area contributed by atoms with Gasteiger partial charge in [0.25, 0.3) is 0 Å². The fourth-order valence-corrected chi connectivity index (χ4v) is 0.981. The third-order valence-electron chi connectivity index (χ3n) is 1.11. The van der Waals surface area contributed by atoms with Gasteiger partial charge in [-0.15, -0.1) is 0 Å². The predicted octanol–water partition coefficient (Wildman–Crippen LogP) is -4.64. The van der Waals surface area contributed by atoms with Crippen molar-refractivity contribution in [2.45, 2.75) is 6.42 Å². The molecule has 1 rings (SSSR count). The molecular weight excluding hydrogens is 207 g/mol. The van der Waals surface area contributed by atoms with Gasteiger partial charge in [0.05, 0.1) is 0 Å². The molecule has 0 aromatic carbocycles. The van der Waals surface area contributed by atoms with Crippen LogP contribution in [0.25, 0.3) is 0 Å². The van der Waals surface area contributed by atoms with E-state index in [9.17, 15) is 0 Å². The zero-order chi connectivity index (χ0) is 5.82. The number of hydrogen-bond acceptors (Lipinski definition) is 1. The van der Waals surface area contributed by atoms with E-state index in [0.29, 0.717) is 0 Å². The molecule has 1 aliphatic rings. The molecule has 0 aromatic heterocycles. The normalized spacial score (nSPS) is 13.6. The van der Waals surface area contributed by atoms with E-state index in [1.165, 1.54) is 5.57 Å². The van der Waals surface area contributed by atoms with Crippen molar-refractivity contribution in [1.29, 1.82) is 0 Å². The standard InChI is InChI=1S/C6H7O.2ClH.Ti/c7-5-6-3-1-2-4-6;;;/h1-3H,4-5H2;2*1H;/q-1;;;+3/p-2. The molecule has 0 heterocycles. The molecule has 0 saturated carbocycles. The summed E-state index contributed by atoms with van der Waals surface area (Å²) in [5, 5.41) is 0. The van der Waals surface area contributed by atoms with Crippen LogP contribution in [0, 0.1) is 0 Å². The molecule has 10 heavy (non-hydrogen) atoms. The molecule has 0 saturated heterocycles. The van der Waals surface area contributed by atoms with Gasteiger partial charge in [-0.25, -0.2) is 0 Å². The van der Waals surface area contributed by atoms with E-state index in [0.717, 1.165) is 13.0 Å². The maximum atomic E-state index is 4.92. The Bertz CT molecular complexity index is 134. The summed E-state index contributed by atoms with van der Waals surface area (Å²) in [6.07, 6.45) is 7.38. The van der Waals surface area contributed by atoms with Crippen LogP contribution in [0.5, 0.6) is 0 Å². The van der Waals surface area contributed by atoms with Crippen LogP contribution in [0.15, 0.2) is 23.8 Å². The Hall–Kier alpha value is 0.734. The minimum absolute atomic E-state index is 0. The first-order valence-corrected chi connectivity index (χ1v) is 3.20. The maximum absolute atomic E-state index is 4.92. The van der Waals surface area contributed by atoms with Crippen LogP contribution in [0.3, 0.4) is 0 Å². The number of halogens is 2. The third kappa shape index (κ3) is 4.53. The zero-order valence-corrected chi connectivity index (χ0v) is 8.38. The molecule has 0 atom stereocenters. The number of allylic oxidation sites excluding steroid dienone is 3. The van der Waals surface area contributed by atoms with E-state index in [4.69, 9.17) is 3.32 Å². The van der Waals surface area contributed by atoms with Gasteiger partial charge in [0.2, 0.25) is 0 Å². The van der Waals surface area contributed by atoms with Crippen LogP contribution in [0.2, 0.25) is 0 Å². The van der Waals surface area contributed by atoms with Crippen molar-refractivity contribution in [3.63, 3.8) is 0 Å².